The molecule has 0 radical (unpaired) electrons. The molecular formula is C19H12F2N4O. The van der Waals surface area contributed by atoms with Gasteiger partial charge in [-0.15, -0.1) is 10.2 Å². The first-order valence-corrected chi connectivity index (χ1v) is 7.70. The number of nitriles is 1. The van der Waals surface area contributed by atoms with E-state index in [0.29, 0.717) is 17.7 Å². The largest absolute Gasteiger partial charge is 0.292 e. The molecule has 0 spiro atoms. The number of carbonyl (C=O) groups excluding carboxylic acids is 1. The van der Waals surface area contributed by atoms with Gasteiger partial charge in [-0.05, 0) is 47.9 Å². The van der Waals surface area contributed by atoms with Gasteiger partial charge in [0.15, 0.2) is 23.1 Å². The van der Waals surface area contributed by atoms with Crippen LogP contribution in [-0.2, 0) is 12.8 Å². The molecule has 0 bridgehead atoms. The molecule has 5 nitrogen and oxygen atoms in total. The van der Waals surface area contributed by atoms with E-state index in [2.05, 4.69) is 15.2 Å². The molecule has 0 aliphatic carbocycles. The molecule has 0 saturated heterocycles. The van der Waals surface area contributed by atoms with Gasteiger partial charge in [-0.1, -0.05) is 12.1 Å². The second kappa shape index (κ2) is 7.57. The third-order valence-electron chi connectivity index (χ3n) is 3.68. The number of pyridine rings is 1. The van der Waals surface area contributed by atoms with Gasteiger partial charge >= 0.3 is 0 Å². The summed E-state index contributed by atoms with van der Waals surface area (Å²) in [5, 5.41) is 16.0. The van der Waals surface area contributed by atoms with E-state index in [1.54, 1.807) is 18.3 Å². The number of benzene rings is 1. The first-order chi connectivity index (χ1) is 12.5. The molecule has 128 valence electrons. The minimum Gasteiger partial charge on any atom is -0.292 e. The van der Waals surface area contributed by atoms with E-state index in [-0.39, 0.29) is 23.6 Å². The summed E-state index contributed by atoms with van der Waals surface area (Å²) in [6.45, 7) is 0. The summed E-state index contributed by atoms with van der Waals surface area (Å²) in [6, 6.07) is 11.9. The van der Waals surface area contributed by atoms with Crippen LogP contribution in [0.3, 0.4) is 0 Å². The van der Waals surface area contributed by atoms with E-state index in [0.717, 1.165) is 17.7 Å². The highest BCUT2D eigenvalue weighted by Gasteiger charge is 2.11. The Balaban J connectivity index is 1.66. The molecule has 0 saturated carbocycles. The molecular weight excluding hydrogens is 338 g/mol. The Hall–Kier alpha value is -3.53. The van der Waals surface area contributed by atoms with Crippen LogP contribution >= 0.6 is 0 Å². The molecule has 0 aliphatic heterocycles. The minimum atomic E-state index is -0.888. The van der Waals surface area contributed by atoms with Crippen LogP contribution in [0.1, 0.15) is 33.0 Å². The van der Waals surface area contributed by atoms with E-state index >= 15 is 0 Å². The van der Waals surface area contributed by atoms with Gasteiger partial charge in [0.2, 0.25) is 0 Å². The van der Waals surface area contributed by atoms with Crippen LogP contribution in [0.15, 0.2) is 48.7 Å². The molecule has 0 fully saturated rings. The lowest BCUT2D eigenvalue weighted by atomic mass is 10.1. The van der Waals surface area contributed by atoms with Crippen molar-refractivity contribution in [3.8, 4) is 6.07 Å². The molecule has 0 N–H and O–H groups in total. The van der Waals surface area contributed by atoms with Gasteiger partial charge in [-0.2, -0.15) is 5.26 Å². The van der Waals surface area contributed by atoms with Gasteiger partial charge in [0.05, 0.1) is 6.42 Å². The smallest absolute Gasteiger partial charge is 0.189 e. The maximum Gasteiger partial charge on any atom is 0.189 e. The van der Waals surface area contributed by atoms with Crippen molar-refractivity contribution in [2.24, 2.45) is 0 Å². The third kappa shape index (κ3) is 4.11. The fraction of sp³-hybridized carbons (Fsp3) is 0.105. The van der Waals surface area contributed by atoms with Crippen molar-refractivity contribution >= 4 is 5.78 Å². The first kappa shape index (κ1) is 17.3. The number of Topliss-reactive ketones (excluding diaryl/α,β-unsaturated/α-hetero) is 1. The van der Waals surface area contributed by atoms with Crippen molar-refractivity contribution in [1.29, 1.82) is 5.26 Å². The van der Waals surface area contributed by atoms with Crippen molar-refractivity contribution in [3.63, 3.8) is 0 Å². The van der Waals surface area contributed by atoms with Crippen LogP contribution in [-0.4, -0.2) is 21.0 Å². The molecule has 0 amide bonds. The molecule has 2 heterocycles. The van der Waals surface area contributed by atoms with Crippen LogP contribution < -0.4 is 0 Å². The maximum absolute atomic E-state index is 13.2. The summed E-state index contributed by atoms with van der Waals surface area (Å²) in [5.74, 6) is -2.03. The minimum absolute atomic E-state index is 0.0477. The zero-order valence-electron chi connectivity index (χ0n) is 13.5. The number of hydrogen-bond acceptors (Lipinski definition) is 5. The predicted molar refractivity (Wildman–Crippen MR) is 88.2 cm³/mol. The Morgan fingerprint density at radius 3 is 2.42 bits per heavy atom. The molecule has 2 aromatic heterocycles. The average molecular weight is 350 g/mol. The van der Waals surface area contributed by atoms with Gasteiger partial charge in [0, 0.05) is 11.9 Å². The molecule has 7 heteroatoms. The summed E-state index contributed by atoms with van der Waals surface area (Å²) < 4.78 is 26.2. The predicted octanol–water partition coefficient (Wildman–Crippen LogP) is 3.04. The Morgan fingerprint density at radius 1 is 1.00 bits per heavy atom. The summed E-state index contributed by atoms with van der Waals surface area (Å²) >= 11 is 0. The number of aromatic nitrogens is 3. The molecule has 0 unspecified atom stereocenters. The van der Waals surface area contributed by atoms with Crippen molar-refractivity contribution < 1.29 is 13.6 Å². The van der Waals surface area contributed by atoms with Crippen LogP contribution in [0.2, 0.25) is 0 Å². The maximum atomic E-state index is 13.2. The lowest BCUT2D eigenvalue weighted by Gasteiger charge is -2.04. The molecule has 26 heavy (non-hydrogen) atoms. The lowest BCUT2D eigenvalue weighted by molar-refractivity contribution is 0.0986. The number of carbonyl (C=O) groups is 1. The highest BCUT2D eigenvalue weighted by molar-refractivity contribution is 5.95. The van der Waals surface area contributed by atoms with E-state index in [1.165, 1.54) is 18.2 Å². The second-order valence-corrected chi connectivity index (χ2v) is 5.60. The number of nitrogens with zero attached hydrogens (tertiary/aromatic N) is 4. The van der Waals surface area contributed by atoms with Crippen LogP contribution in [0.25, 0.3) is 0 Å². The SMILES string of the molecule is N#Cc1ccc(C(=O)Cc2ccc(Cc3ccc(F)c(F)c3)cn2)nn1. The number of rotatable bonds is 5. The highest BCUT2D eigenvalue weighted by Crippen LogP contribution is 2.14. The topological polar surface area (TPSA) is 79.5 Å². The Kier molecular flexibility index (Phi) is 5.04. The lowest BCUT2D eigenvalue weighted by Crippen LogP contribution is -2.08. The van der Waals surface area contributed by atoms with Gasteiger partial charge in [0.25, 0.3) is 0 Å². The number of ketones is 1. The Morgan fingerprint density at radius 2 is 1.81 bits per heavy atom. The van der Waals surface area contributed by atoms with Gasteiger partial charge in [-0.3, -0.25) is 9.78 Å². The van der Waals surface area contributed by atoms with Crippen molar-refractivity contribution in [1.82, 2.24) is 15.2 Å². The van der Waals surface area contributed by atoms with Gasteiger partial charge in [0.1, 0.15) is 11.8 Å². The number of halogens is 2. The normalized spacial score (nSPS) is 10.3. The van der Waals surface area contributed by atoms with Gasteiger partial charge in [-0.25, -0.2) is 8.78 Å². The summed E-state index contributed by atoms with van der Waals surface area (Å²) in [5.41, 5.74) is 2.29. The summed E-state index contributed by atoms with van der Waals surface area (Å²) in [7, 11) is 0. The standard InChI is InChI=1S/C19H12F2N4O/c20-16-5-2-12(8-17(16)21)7-13-1-3-14(23-11-13)9-19(26)18-6-4-15(10-22)24-25-18/h1-6,8,11H,7,9H2. The average Bonchev–Trinajstić information content (AvgIpc) is 2.66. The fourth-order valence-electron chi connectivity index (χ4n) is 2.35. The zero-order chi connectivity index (χ0) is 18.5. The van der Waals surface area contributed by atoms with E-state index in [9.17, 15) is 13.6 Å². The molecule has 1 aromatic carbocycles. The fourth-order valence-corrected chi connectivity index (χ4v) is 2.35. The van der Waals surface area contributed by atoms with Crippen LogP contribution in [0.4, 0.5) is 8.78 Å². The number of hydrogen-bond donors (Lipinski definition) is 0. The zero-order valence-corrected chi connectivity index (χ0v) is 13.5. The van der Waals surface area contributed by atoms with E-state index in [1.807, 2.05) is 6.07 Å². The van der Waals surface area contributed by atoms with Crippen molar-refractivity contribution in [2.75, 3.05) is 0 Å². The summed E-state index contributed by atoms with van der Waals surface area (Å²) in [4.78, 5) is 16.4. The second-order valence-electron chi connectivity index (χ2n) is 5.60. The monoisotopic (exact) mass is 350 g/mol. The van der Waals surface area contributed by atoms with Crippen LogP contribution in [0.5, 0.6) is 0 Å². The van der Waals surface area contributed by atoms with E-state index in [4.69, 9.17) is 5.26 Å². The molecule has 3 rings (SSSR count). The molecule has 0 aliphatic rings. The van der Waals surface area contributed by atoms with Crippen molar-refractivity contribution in [3.05, 3.63) is 88.5 Å². The Bertz CT molecular complexity index is 980. The summed E-state index contributed by atoms with van der Waals surface area (Å²) in [6.07, 6.45) is 2.04. The third-order valence-corrected chi connectivity index (χ3v) is 3.68. The quantitative estimate of drug-likeness (QED) is 0.661. The molecule has 3 aromatic rings. The van der Waals surface area contributed by atoms with Gasteiger partial charge < -0.3 is 0 Å². The van der Waals surface area contributed by atoms with E-state index < -0.39 is 11.6 Å². The van der Waals surface area contributed by atoms with Crippen molar-refractivity contribution in [2.45, 2.75) is 12.8 Å². The molecule has 0 atom stereocenters. The highest BCUT2D eigenvalue weighted by atomic mass is 19.2. The Labute approximate surface area is 148 Å². The first-order valence-electron chi connectivity index (χ1n) is 7.70. The van der Waals surface area contributed by atoms with Crippen LogP contribution in [0, 0.1) is 23.0 Å².